The topological polar surface area (TPSA) is 94.0 Å². The summed E-state index contributed by atoms with van der Waals surface area (Å²) >= 11 is 0. The van der Waals surface area contributed by atoms with Crippen molar-refractivity contribution < 1.29 is 13.7 Å². The number of halogens is 2. The molecule has 0 saturated heterocycles. The molecule has 3 N–H and O–H groups in total. The van der Waals surface area contributed by atoms with E-state index in [9.17, 15) is 9.18 Å². The number of nitrogens with zero attached hydrogens (tertiary/aromatic N) is 2. The fraction of sp³-hybridized carbons (Fsp3) is 0.500. The van der Waals surface area contributed by atoms with Crippen molar-refractivity contribution in [3.05, 3.63) is 36.0 Å². The van der Waals surface area contributed by atoms with Gasteiger partial charge in [-0.1, -0.05) is 24.9 Å². The second-order valence-electron chi connectivity index (χ2n) is 6.01. The van der Waals surface area contributed by atoms with Crippen LogP contribution in [0.4, 0.5) is 4.39 Å². The quantitative estimate of drug-likeness (QED) is 0.655. The van der Waals surface area contributed by atoms with Crippen molar-refractivity contribution >= 4 is 18.3 Å². The van der Waals surface area contributed by atoms with Crippen molar-refractivity contribution in [2.45, 2.75) is 51.5 Å². The molecular formula is C18H26ClFN4O2. The molecule has 1 aromatic carbocycles. The second-order valence-corrected chi connectivity index (χ2v) is 6.01. The molecule has 0 fully saturated rings. The monoisotopic (exact) mass is 384 g/mol. The molecule has 1 aromatic heterocycles. The van der Waals surface area contributed by atoms with E-state index in [-0.39, 0.29) is 30.2 Å². The Morgan fingerprint density at radius 2 is 2.04 bits per heavy atom. The molecule has 26 heavy (non-hydrogen) atoms. The summed E-state index contributed by atoms with van der Waals surface area (Å²) in [5.41, 5.74) is 6.37. The molecule has 1 unspecified atom stereocenters. The van der Waals surface area contributed by atoms with Crippen molar-refractivity contribution in [3.63, 3.8) is 0 Å². The molecule has 0 bridgehead atoms. The van der Waals surface area contributed by atoms with Gasteiger partial charge in [0.1, 0.15) is 5.82 Å². The van der Waals surface area contributed by atoms with Crippen LogP contribution >= 0.6 is 12.4 Å². The number of nitrogens with two attached hydrogens (primary N) is 1. The molecule has 6 nitrogen and oxygen atoms in total. The third-order valence-electron chi connectivity index (χ3n) is 3.92. The number of benzene rings is 1. The molecule has 2 aromatic rings. The number of carbonyl (C=O) groups is 1. The molecule has 0 radical (unpaired) electrons. The summed E-state index contributed by atoms with van der Waals surface area (Å²) in [4.78, 5) is 16.2. The van der Waals surface area contributed by atoms with E-state index in [0.717, 1.165) is 19.3 Å². The van der Waals surface area contributed by atoms with Gasteiger partial charge in [0.05, 0.1) is 0 Å². The molecule has 0 saturated carbocycles. The number of unbranched alkanes of at least 4 members (excludes halogenated alkanes) is 1. The maximum absolute atomic E-state index is 12.9. The molecule has 0 aliphatic rings. The van der Waals surface area contributed by atoms with Gasteiger partial charge in [0, 0.05) is 31.0 Å². The van der Waals surface area contributed by atoms with Crippen LogP contribution in [-0.4, -0.2) is 28.6 Å². The largest absolute Gasteiger partial charge is 0.352 e. The predicted molar refractivity (Wildman–Crippen MR) is 100 cm³/mol. The van der Waals surface area contributed by atoms with E-state index in [4.69, 9.17) is 10.3 Å². The normalized spacial score (nSPS) is 11.7. The van der Waals surface area contributed by atoms with Crippen LogP contribution in [0.25, 0.3) is 11.4 Å². The van der Waals surface area contributed by atoms with E-state index in [0.29, 0.717) is 43.1 Å². The number of hydrogen-bond donors (Lipinski definition) is 2. The summed E-state index contributed by atoms with van der Waals surface area (Å²) in [6, 6.07) is 5.94. The third kappa shape index (κ3) is 7.09. The van der Waals surface area contributed by atoms with Crippen molar-refractivity contribution in [2.24, 2.45) is 5.73 Å². The highest BCUT2D eigenvalue weighted by molar-refractivity contribution is 5.85. The van der Waals surface area contributed by atoms with Gasteiger partial charge in [-0.05, 0) is 37.1 Å². The summed E-state index contributed by atoms with van der Waals surface area (Å²) < 4.78 is 18.1. The zero-order chi connectivity index (χ0) is 18.1. The van der Waals surface area contributed by atoms with Gasteiger partial charge in [0.2, 0.25) is 17.6 Å². The van der Waals surface area contributed by atoms with Gasteiger partial charge in [-0.25, -0.2) is 4.39 Å². The second kappa shape index (κ2) is 11.6. The van der Waals surface area contributed by atoms with Crippen LogP contribution in [0.3, 0.4) is 0 Å². The Labute approximate surface area is 159 Å². The predicted octanol–water partition coefficient (Wildman–Crippen LogP) is 3.25. The Morgan fingerprint density at radius 1 is 1.31 bits per heavy atom. The first-order valence-corrected chi connectivity index (χ1v) is 8.70. The van der Waals surface area contributed by atoms with E-state index >= 15 is 0 Å². The third-order valence-corrected chi connectivity index (χ3v) is 3.92. The minimum absolute atomic E-state index is 0. The average molecular weight is 385 g/mol. The Balaban J connectivity index is 0.00000338. The molecule has 1 atom stereocenters. The SMILES string of the molecule is CCCCC(CN)NC(=O)CCCc1nc(-c2ccc(F)cc2)no1.Cl. The van der Waals surface area contributed by atoms with Gasteiger partial charge in [0.15, 0.2) is 0 Å². The number of aryl methyl sites for hydroxylation is 1. The van der Waals surface area contributed by atoms with Crippen molar-refractivity contribution in [2.75, 3.05) is 6.54 Å². The lowest BCUT2D eigenvalue weighted by Crippen LogP contribution is -2.40. The fourth-order valence-corrected chi connectivity index (χ4v) is 2.47. The van der Waals surface area contributed by atoms with Crippen LogP contribution in [0, 0.1) is 5.82 Å². The lowest BCUT2D eigenvalue weighted by molar-refractivity contribution is -0.121. The van der Waals surface area contributed by atoms with Gasteiger partial charge >= 0.3 is 0 Å². The Bertz CT molecular complexity index is 663. The van der Waals surface area contributed by atoms with E-state index < -0.39 is 0 Å². The Hall–Kier alpha value is -1.99. The number of carbonyl (C=O) groups excluding carboxylic acids is 1. The maximum atomic E-state index is 12.9. The molecule has 8 heteroatoms. The van der Waals surface area contributed by atoms with Gasteiger partial charge in [-0.3, -0.25) is 4.79 Å². The first kappa shape index (κ1) is 22.1. The molecule has 144 valence electrons. The minimum atomic E-state index is -0.312. The van der Waals surface area contributed by atoms with Crippen LogP contribution in [-0.2, 0) is 11.2 Å². The molecule has 0 aliphatic heterocycles. The standard InChI is InChI=1S/C18H25FN4O2.ClH/c1-2-3-5-15(12-20)21-16(24)6-4-7-17-22-18(23-25-17)13-8-10-14(19)11-9-13;/h8-11,15H,2-7,12,20H2,1H3,(H,21,24);1H. The molecular weight excluding hydrogens is 359 g/mol. The van der Waals surface area contributed by atoms with Gasteiger partial charge in [-0.15, -0.1) is 12.4 Å². The number of aromatic nitrogens is 2. The number of hydrogen-bond acceptors (Lipinski definition) is 5. The summed E-state index contributed by atoms with van der Waals surface area (Å²) in [6.45, 7) is 2.57. The molecule has 0 aliphatic carbocycles. The first-order valence-electron chi connectivity index (χ1n) is 8.70. The lowest BCUT2D eigenvalue weighted by atomic mass is 10.1. The number of rotatable bonds is 10. The summed E-state index contributed by atoms with van der Waals surface area (Å²) in [6.07, 6.45) is 4.56. The van der Waals surface area contributed by atoms with Crippen LogP contribution in [0.2, 0.25) is 0 Å². The van der Waals surface area contributed by atoms with Gasteiger partial charge in [0.25, 0.3) is 0 Å². The lowest BCUT2D eigenvalue weighted by Gasteiger charge is -2.16. The number of amides is 1. The first-order chi connectivity index (χ1) is 12.1. The van der Waals surface area contributed by atoms with Crippen LogP contribution in [0.15, 0.2) is 28.8 Å². The Morgan fingerprint density at radius 3 is 2.69 bits per heavy atom. The zero-order valence-corrected chi connectivity index (χ0v) is 15.7. The minimum Gasteiger partial charge on any atom is -0.352 e. The Kier molecular flexibility index (Phi) is 9.83. The van der Waals surface area contributed by atoms with Crippen LogP contribution < -0.4 is 11.1 Å². The zero-order valence-electron chi connectivity index (χ0n) is 14.9. The highest BCUT2D eigenvalue weighted by Crippen LogP contribution is 2.16. The highest BCUT2D eigenvalue weighted by atomic mass is 35.5. The highest BCUT2D eigenvalue weighted by Gasteiger charge is 2.12. The van der Waals surface area contributed by atoms with Crippen molar-refractivity contribution in [1.82, 2.24) is 15.5 Å². The smallest absolute Gasteiger partial charge is 0.226 e. The molecule has 0 spiro atoms. The van der Waals surface area contributed by atoms with Gasteiger partial charge < -0.3 is 15.6 Å². The maximum Gasteiger partial charge on any atom is 0.226 e. The van der Waals surface area contributed by atoms with Gasteiger partial charge in [-0.2, -0.15) is 4.98 Å². The fourth-order valence-electron chi connectivity index (χ4n) is 2.47. The molecule has 2 rings (SSSR count). The van der Waals surface area contributed by atoms with Crippen LogP contribution in [0.1, 0.15) is 44.9 Å². The van der Waals surface area contributed by atoms with Crippen LogP contribution in [0.5, 0.6) is 0 Å². The average Bonchev–Trinajstić information content (AvgIpc) is 3.08. The van der Waals surface area contributed by atoms with E-state index in [1.54, 1.807) is 12.1 Å². The summed E-state index contributed by atoms with van der Waals surface area (Å²) in [5, 5.41) is 6.84. The summed E-state index contributed by atoms with van der Waals surface area (Å²) in [5.74, 6) is 0.564. The van der Waals surface area contributed by atoms with E-state index in [2.05, 4.69) is 22.4 Å². The molecule has 1 amide bonds. The van der Waals surface area contributed by atoms with Crippen molar-refractivity contribution in [3.8, 4) is 11.4 Å². The number of nitrogens with one attached hydrogen (secondary N) is 1. The van der Waals surface area contributed by atoms with E-state index in [1.807, 2.05) is 0 Å². The summed E-state index contributed by atoms with van der Waals surface area (Å²) in [7, 11) is 0. The van der Waals surface area contributed by atoms with Crippen molar-refractivity contribution in [1.29, 1.82) is 0 Å². The molecule has 1 heterocycles. The van der Waals surface area contributed by atoms with E-state index in [1.165, 1.54) is 12.1 Å².